The van der Waals surface area contributed by atoms with Gasteiger partial charge in [0.05, 0.1) is 17.2 Å². The molecule has 0 atom stereocenters. The average Bonchev–Trinajstić information content (AvgIpc) is 2.79. The Hall–Kier alpha value is -1.68. The Kier molecular flexibility index (Phi) is 3.54. The predicted molar refractivity (Wildman–Crippen MR) is 68.2 cm³/mol. The third-order valence-corrected chi connectivity index (χ3v) is 3.40. The number of carbonyl (C=O) groups is 1. The van der Waals surface area contributed by atoms with Crippen LogP contribution in [-0.2, 0) is 4.74 Å². The molecular weight excluding hydrogens is 234 g/mol. The van der Waals surface area contributed by atoms with Crippen molar-refractivity contribution in [1.29, 1.82) is 0 Å². The van der Waals surface area contributed by atoms with Crippen LogP contribution in [0.4, 0.5) is 0 Å². The highest BCUT2D eigenvalue weighted by atomic mass is 32.1. The highest BCUT2D eigenvalue weighted by Crippen LogP contribution is 2.28. The Morgan fingerprint density at radius 2 is 2.24 bits per heavy atom. The standard InChI is InChI=1S/C13H13NO2S/c1-3-16-13(15)11-7-6-10(17-11)12-9(2)5-4-8-14-12/h4-8H,3H2,1-2H3. The fourth-order valence-electron chi connectivity index (χ4n) is 1.52. The second-order valence-electron chi connectivity index (χ2n) is 3.55. The number of aromatic nitrogens is 1. The van der Waals surface area contributed by atoms with Gasteiger partial charge in [0.1, 0.15) is 4.88 Å². The monoisotopic (exact) mass is 247 g/mol. The van der Waals surface area contributed by atoms with E-state index in [-0.39, 0.29) is 5.97 Å². The minimum absolute atomic E-state index is 0.266. The van der Waals surface area contributed by atoms with Gasteiger partial charge in [0.25, 0.3) is 0 Å². The summed E-state index contributed by atoms with van der Waals surface area (Å²) in [4.78, 5) is 17.5. The van der Waals surface area contributed by atoms with Crippen molar-refractivity contribution in [2.75, 3.05) is 6.61 Å². The number of rotatable bonds is 3. The zero-order chi connectivity index (χ0) is 12.3. The molecule has 0 spiro atoms. The van der Waals surface area contributed by atoms with Gasteiger partial charge in [-0.25, -0.2) is 4.79 Å². The molecule has 4 heteroatoms. The van der Waals surface area contributed by atoms with Gasteiger partial charge >= 0.3 is 5.97 Å². The Bertz CT molecular complexity index is 534. The maximum atomic E-state index is 11.5. The van der Waals surface area contributed by atoms with Crippen LogP contribution in [0.25, 0.3) is 10.6 Å². The summed E-state index contributed by atoms with van der Waals surface area (Å²) in [7, 11) is 0. The third-order valence-electron chi connectivity index (χ3n) is 2.33. The average molecular weight is 247 g/mol. The molecule has 17 heavy (non-hydrogen) atoms. The van der Waals surface area contributed by atoms with Gasteiger partial charge in [0, 0.05) is 6.20 Å². The van der Waals surface area contributed by atoms with E-state index in [1.165, 1.54) is 11.3 Å². The molecule has 0 amide bonds. The van der Waals surface area contributed by atoms with Gasteiger partial charge in [-0.15, -0.1) is 11.3 Å². The highest BCUT2D eigenvalue weighted by molar-refractivity contribution is 7.17. The van der Waals surface area contributed by atoms with E-state index in [1.54, 1.807) is 19.2 Å². The van der Waals surface area contributed by atoms with Crippen LogP contribution < -0.4 is 0 Å². The molecule has 88 valence electrons. The molecule has 0 N–H and O–H groups in total. The van der Waals surface area contributed by atoms with E-state index in [0.717, 1.165) is 16.1 Å². The molecule has 0 unspecified atom stereocenters. The number of thiophene rings is 1. The van der Waals surface area contributed by atoms with Crippen molar-refractivity contribution >= 4 is 17.3 Å². The van der Waals surface area contributed by atoms with E-state index >= 15 is 0 Å². The van der Waals surface area contributed by atoms with Gasteiger partial charge in [0.2, 0.25) is 0 Å². The number of hydrogen-bond donors (Lipinski definition) is 0. The molecule has 0 aliphatic rings. The van der Waals surface area contributed by atoms with Gasteiger partial charge in [-0.1, -0.05) is 6.07 Å². The van der Waals surface area contributed by atoms with Crippen LogP contribution in [0.5, 0.6) is 0 Å². The quantitative estimate of drug-likeness (QED) is 0.781. The Balaban J connectivity index is 2.30. The van der Waals surface area contributed by atoms with E-state index < -0.39 is 0 Å². The van der Waals surface area contributed by atoms with Crippen LogP contribution in [-0.4, -0.2) is 17.6 Å². The lowest BCUT2D eigenvalue weighted by atomic mass is 10.2. The Morgan fingerprint density at radius 3 is 2.94 bits per heavy atom. The predicted octanol–water partition coefficient (Wildman–Crippen LogP) is 3.30. The first-order chi connectivity index (χ1) is 8.22. The molecule has 2 aromatic rings. The minimum Gasteiger partial charge on any atom is -0.462 e. The number of pyridine rings is 1. The molecule has 0 aliphatic carbocycles. The highest BCUT2D eigenvalue weighted by Gasteiger charge is 2.12. The summed E-state index contributed by atoms with van der Waals surface area (Å²) in [6.07, 6.45) is 1.76. The van der Waals surface area contributed by atoms with E-state index in [2.05, 4.69) is 4.98 Å². The molecule has 0 aromatic carbocycles. The molecule has 0 radical (unpaired) electrons. The number of esters is 1. The van der Waals surface area contributed by atoms with Gasteiger partial charge in [-0.05, 0) is 37.6 Å². The lowest BCUT2D eigenvalue weighted by Gasteiger charge is -2.00. The van der Waals surface area contributed by atoms with Crippen LogP contribution in [0.1, 0.15) is 22.2 Å². The van der Waals surface area contributed by atoms with Crippen molar-refractivity contribution in [3.63, 3.8) is 0 Å². The molecule has 2 aromatic heterocycles. The maximum absolute atomic E-state index is 11.5. The molecule has 0 saturated heterocycles. The number of aryl methyl sites for hydroxylation is 1. The third kappa shape index (κ3) is 2.53. The summed E-state index contributed by atoms with van der Waals surface area (Å²) >= 11 is 1.41. The smallest absolute Gasteiger partial charge is 0.348 e. The first-order valence-corrected chi connectivity index (χ1v) is 6.23. The maximum Gasteiger partial charge on any atom is 0.348 e. The van der Waals surface area contributed by atoms with Gasteiger partial charge in [-0.2, -0.15) is 0 Å². The number of ether oxygens (including phenoxy) is 1. The van der Waals surface area contributed by atoms with Gasteiger partial charge < -0.3 is 4.74 Å². The summed E-state index contributed by atoms with van der Waals surface area (Å²) < 4.78 is 4.96. The summed E-state index contributed by atoms with van der Waals surface area (Å²) in [5.74, 6) is -0.266. The fourth-order valence-corrected chi connectivity index (χ4v) is 2.48. The second kappa shape index (κ2) is 5.10. The summed E-state index contributed by atoms with van der Waals surface area (Å²) in [6, 6.07) is 7.60. The van der Waals surface area contributed by atoms with Crippen molar-refractivity contribution in [3.05, 3.63) is 40.9 Å². The van der Waals surface area contributed by atoms with Crippen LogP contribution >= 0.6 is 11.3 Å². The summed E-state index contributed by atoms with van der Waals surface area (Å²) in [5.41, 5.74) is 2.03. The van der Waals surface area contributed by atoms with Crippen LogP contribution in [0.15, 0.2) is 30.5 Å². The molecular formula is C13H13NO2S. The largest absolute Gasteiger partial charge is 0.462 e. The van der Waals surface area contributed by atoms with E-state index in [9.17, 15) is 4.79 Å². The lowest BCUT2D eigenvalue weighted by Crippen LogP contribution is -2.01. The molecule has 0 bridgehead atoms. The Labute approximate surface area is 104 Å². The van der Waals surface area contributed by atoms with Gasteiger partial charge in [0.15, 0.2) is 0 Å². The van der Waals surface area contributed by atoms with Crippen LogP contribution in [0.2, 0.25) is 0 Å². The second-order valence-corrected chi connectivity index (χ2v) is 4.64. The number of nitrogens with zero attached hydrogens (tertiary/aromatic N) is 1. The van der Waals surface area contributed by atoms with Crippen molar-refractivity contribution in [3.8, 4) is 10.6 Å². The zero-order valence-electron chi connectivity index (χ0n) is 9.77. The zero-order valence-corrected chi connectivity index (χ0v) is 10.6. The topological polar surface area (TPSA) is 39.2 Å². The first-order valence-electron chi connectivity index (χ1n) is 5.41. The Morgan fingerprint density at radius 1 is 1.41 bits per heavy atom. The molecule has 3 nitrogen and oxygen atoms in total. The van der Waals surface area contributed by atoms with Crippen molar-refractivity contribution in [2.24, 2.45) is 0 Å². The van der Waals surface area contributed by atoms with Crippen molar-refractivity contribution < 1.29 is 9.53 Å². The minimum atomic E-state index is -0.266. The molecule has 0 fully saturated rings. The van der Waals surface area contributed by atoms with Gasteiger partial charge in [-0.3, -0.25) is 4.98 Å². The van der Waals surface area contributed by atoms with Crippen molar-refractivity contribution in [1.82, 2.24) is 4.98 Å². The van der Waals surface area contributed by atoms with Crippen molar-refractivity contribution in [2.45, 2.75) is 13.8 Å². The SMILES string of the molecule is CCOC(=O)c1ccc(-c2ncccc2C)s1. The summed E-state index contributed by atoms with van der Waals surface area (Å²) in [5, 5.41) is 0. The van der Waals surface area contributed by atoms with E-state index in [1.807, 2.05) is 25.1 Å². The van der Waals surface area contributed by atoms with Crippen LogP contribution in [0.3, 0.4) is 0 Å². The fraction of sp³-hybridized carbons (Fsp3) is 0.231. The number of hydrogen-bond acceptors (Lipinski definition) is 4. The molecule has 2 heterocycles. The van der Waals surface area contributed by atoms with Crippen LogP contribution in [0, 0.1) is 6.92 Å². The molecule has 0 saturated carbocycles. The lowest BCUT2D eigenvalue weighted by molar-refractivity contribution is 0.0532. The normalized spacial score (nSPS) is 10.2. The number of carbonyl (C=O) groups excluding carboxylic acids is 1. The summed E-state index contributed by atoms with van der Waals surface area (Å²) in [6.45, 7) is 4.20. The first kappa shape index (κ1) is 11.8. The van der Waals surface area contributed by atoms with E-state index in [0.29, 0.717) is 11.5 Å². The molecule has 2 rings (SSSR count). The van der Waals surface area contributed by atoms with E-state index in [4.69, 9.17) is 4.74 Å². The molecule has 0 aliphatic heterocycles.